The van der Waals surface area contributed by atoms with Crippen LogP contribution in [0.3, 0.4) is 0 Å². The highest BCUT2D eigenvalue weighted by Crippen LogP contribution is 2.33. The number of halogens is 1. The van der Waals surface area contributed by atoms with E-state index in [1.807, 2.05) is 44.0 Å². The van der Waals surface area contributed by atoms with Crippen molar-refractivity contribution in [2.24, 2.45) is 11.8 Å². The highest BCUT2D eigenvalue weighted by atomic mass is 35.5. The van der Waals surface area contributed by atoms with Gasteiger partial charge in [-0.05, 0) is 96.8 Å². The number of aromatic amines is 1. The Balaban J connectivity index is 0.904. The number of hydrogen-bond donors (Lipinski definition) is 2. The average Bonchev–Trinajstić information content (AvgIpc) is 3.64. The van der Waals surface area contributed by atoms with Gasteiger partial charge in [-0.1, -0.05) is 29.8 Å². The summed E-state index contributed by atoms with van der Waals surface area (Å²) in [6.07, 6.45) is 10.6. The van der Waals surface area contributed by atoms with E-state index in [9.17, 15) is 4.79 Å². The molecule has 1 amide bonds. The van der Waals surface area contributed by atoms with E-state index < -0.39 is 5.60 Å². The number of rotatable bonds is 8. The summed E-state index contributed by atoms with van der Waals surface area (Å²) in [4.78, 5) is 32.2. The number of hydrogen-bond acceptors (Lipinski definition) is 7. The molecular formula is C34H48ClN7O2. The van der Waals surface area contributed by atoms with Gasteiger partial charge in [0.25, 0.3) is 0 Å². The van der Waals surface area contributed by atoms with Gasteiger partial charge in [-0.2, -0.15) is 0 Å². The Labute approximate surface area is 266 Å². The van der Waals surface area contributed by atoms with Crippen LogP contribution in [0, 0.1) is 11.8 Å². The number of fused-ring (bicyclic) bond motifs is 1. The number of aromatic nitrogens is 3. The van der Waals surface area contributed by atoms with Crippen molar-refractivity contribution in [1.82, 2.24) is 29.7 Å². The van der Waals surface area contributed by atoms with Crippen LogP contribution in [-0.2, 0) is 4.74 Å². The molecule has 0 radical (unpaired) electrons. The summed E-state index contributed by atoms with van der Waals surface area (Å²) in [5, 5.41) is 5.26. The molecule has 2 aromatic heterocycles. The van der Waals surface area contributed by atoms with E-state index in [1.54, 1.807) is 6.20 Å². The lowest BCUT2D eigenvalue weighted by Crippen LogP contribution is -2.42. The topological polar surface area (TPSA) is 89.6 Å². The van der Waals surface area contributed by atoms with Crippen molar-refractivity contribution in [2.45, 2.75) is 70.9 Å². The first-order valence-corrected chi connectivity index (χ1v) is 16.9. The summed E-state index contributed by atoms with van der Waals surface area (Å²) in [7, 11) is 0. The first-order valence-electron chi connectivity index (χ1n) is 16.5. The molecule has 3 aromatic rings. The quantitative estimate of drug-likeness (QED) is 0.296. The fourth-order valence-electron chi connectivity index (χ4n) is 7.05. The van der Waals surface area contributed by atoms with Crippen molar-refractivity contribution in [1.29, 1.82) is 0 Å². The zero-order valence-electron chi connectivity index (χ0n) is 26.5. The lowest BCUT2D eigenvalue weighted by molar-refractivity contribution is 0.0176. The zero-order valence-corrected chi connectivity index (χ0v) is 27.3. The van der Waals surface area contributed by atoms with E-state index >= 15 is 0 Å². The monoisotopic (exact) mass is 621 g/mol. The number of nitrogens with zero attached hydrogens (tertiary/aromatic N) is 5. The Kier molecular flexibility index (Phi) is 9.64. The number of carbonyl (C=O) groups excluding carboxylic acids is 1. The van der Waals surface area contributed by atoms with E-state index in [-0.39, 0.29) is 6.09 Å². The maximum Gasteiger partial charge on any atom is 0.410 e. The molecule has 3 aliphatic heterocycles. The van der Waals surface area contributed by atoms with Crippen LogP contribution < -0.4 is 5.32 Å². The Morgan fingerprint density at radius 1 is 1.02 bits per heavy atom. The summed E-state index contributed by atoms with van der Waals surface area (Å²) in [6, 6.07) is 8.55. The molecule has 3 saturated heterocycles. The molecule has 0 bridgehead atoms. The normalized spacial score (nSPS) is 21.3. The number of ether oxygens (including phenoxy) is 1. The second kappa shape index (κ2) is 13.6. The van der Waals surface area contributed by atoms with Crippen LogP contribution in [0.5, 0.6) is 0 Å². The smallest absolute Gasteiger partial charge is 0.410 e. The van der Waals surface area contributed by atoms with E-state index in [2.05, 4.69) is 37.2 Å². The fraction of sp³-hybridized carbons (Fsp3) is 0.618. The van der Waals surface area contributed by atoms with Gasteiger partial charge in [-0.3, -0.25) is 0 Å². The summed E-state index contributed by atoms with van der Waals surface area (Å²) in [5.74, 6) is 2.12. The number of benzene rings is 1. The molecule has 5 heterocycles. The van der Waals surface area contributed by atoms with Crippen LogP contribution in [0.15, 0.2) is 36.7 Å². The number of nitrogens with one attached hydrogen (secondary N) is 2. The van der Waals surface area contributed by atoms with Gasteiger partial charge in [0, 0.05) is 61.4 Å². The molecule has 3 fully saturated rings. The van der Waals surface area contributed by atoms with Crippen molar-refractivity contribution in [3.8, 4) is 11.3 Å². The molecule has 0 saturated carbocycles. The first-order chi connectivity index (χ1) is 21.2. The van der Waals surface area contributed by atoms with Crippen LogP contribution in [-0.4, -0.2) is 99.7 Å². The highest BCUT2D eigenvalue weighted by Gasteiger charge is 2.29. The number of anilines is 1. The predicted molar refractivity (Wildman–Crippen MR) is 177 cm³/mol. The van der Waals surface area contributed by atoms with E-state index in [4.69, 9.17) is 21.3 Å². The lowest BCUT2D eigenvalue weighted by atomic mass is 9.92. The Bertz CT molecular complexity index is 1410. The number of para-hydroxylation sites is 1. The van der Waals surface area contributed by atoms with Crippen molar-refractivity contribution in [3.63, 3.8) is 0 Å². The van der Waals surface area contributed by atoms with E-state index in [1.165, 1.54) is 45.4 Å². The fourth-order valence-corrected chi connectivity index (χ4v) is 7.24. The molecule has 3 aliphatic rings. The van der Waals surface area contributed by atoms with Crippen molar-refractivity contribution in [3.05, 3.63) is 41.7 Å². The van der Waals surface area contributed by atoms with Crippen molar-refractivity contribution >= 4 is 34.5 Å². The second-order valence-corrected chi connectivity index (χ2v) is 14.4. The van der Waals surface area contributed by atoms with Gasteiger partial charge in [0.2, 0.25) is 5.95 Å². The molecule has 2 N–H and O–H groups in total. The molecule has 1 unspecified atom stereocenters. The van der Waals surface area contributed by atoms with E-state index in [0.29, 0.717) is 22.9 Å². The molecule has 44 heavy (non-hydrogen) atoms. The standard InChI is InChI=1S/C34H48ClN7O2/c1-34(2,3)44-33(43)42-18-11-24(12-19-42)8-14-40-15-9-25(10-16-40)22-41-17-13-26(23-41)38-32-37-21-29(35)31(39-32)28-20-36-30-7-5-4-6-27(28)30/h4-7,20-21,24-26,36H,8-19,22-23H2,1-3H3,(H,37,38,39). The maximum absolute atomic E-state index is 12.4. The summed E-state index contributed by atoms with van der Waals surface area (Å²) < 4.78 is 5.55. The third-order valence-corrected chi connectivity index (χ3v) is 9.81. The SMILES string of the molecule is CC(C)(C)OC(=O)N1CCC(CCN2CCC(CN3CCC(Nc4ncc(Cl)c(-c5c[nH]c6ccccc56)n4)C3)CC2)CC1. The Hall–Kier alpha value is -2.88. The third kappa shape index (κ3) is 7.85. The van der Waals surface area contributed by atoms with Gasteiger partial charge in [0.1, 0.15) is 5.60 Å². The summed E-state index contributed by atoms with van der Waals surface area (Å²) in [6.45, 7) is 14.3. The number of amides is 1. The van der Waals surface area contributed by atoms with Crippen LogP contribution in [0.2, 0.25) is 5.02 Å². The van der Waals surface area contributed by atoms with E-state index in [0.717, 1.165) is 73.5 Å². The minimum atomic E-state index is -0.427. The third-order valence-electron chi connectivity index (χ3n) is 9.54. The zero-order chi connectivity index (χ0) is 30.7. The molecule has 0 aliphatic carbocycles. The molecule has 6 rings (SSSR count). The molecule has 238 valence electrons. The second-order valence-electron chi connectivity index (χ2n) is 14.0. The van der Waals surface area contributed by atoms with Crippen molar-refractivity contribution in [2.75, 3.05) is 57.7 Å². The van der Waals surface area contributed by atoms with Crippen LogP contribution in [0.4, 0.5) is 10.7 Å². The minimum absolute atomic E-state index is 0.160. The molecule has 0 spiro atoms. The van der Waals surface area contributed by atoms with Crippen LogP contribution in [0.25, 0.3) is 22.2 Å². The molecule has 10 heteroatoms. The van der Waals surface area contributed by atoms with Crippen molar-refractivity contribution < 1.29 is 9.53 Å². The molecule has 1 aromatic carbocycles. The lowest BCUT2D eigenvalue weighted by Gasteiger charge is -2.36. The van der Waals surface area contributed by atoms with Gasteiger partial charge >= 0.3 is 6.09 Å². The first kappa shape index (κ1) is 31.1. The predicted octanol–water partition coefficient (Wildman–Crippen LogP) is 6.51. The van der Waals surface area contributed by atoms with Gasteiger partial charge in [0.05, 0.1) is 16.9 Å². The number of H-pyrrole nitrogens is 1. The molecular weight excluding hydrogens is 574 g/mol. The summed E-state index contributed by atoms with van der Waals surface area (Å²) >= 11 is 6.54. The number of carbonyl (C=O) groups is 1. The number of likely N-dealkylation sites (tertiary alicyclic amines) is 3. The largest absolute Gasteiger partial charge is 0.444 e. The number of piperidine rings is 2. The molecule has 9 nitrogen and oxygen atoms in total. The van der Waals surface area contributed by atoms with Crippen LogP contribution >= 0.6 is 11.6 Å². The van der Waals surface area contributed by atoms with Crippen LogP contribution in [0.1, 0.15) is 59.3 Å². The highest BCUT2D eigenvalue weighted by molar-refractivity contribution is 6.33. The maximum atomic E-state index is 12.4. The van der Waals surface area contributed by atoms with Gasteiger partial charge in [0.15, 0.2) is 0 Å². The average molecular weight is 622 g/mol. The van der Waals surface area contributed by atoms with Gasteiger partial charge in [-0.25, -0.2) is 14.8 Å². The minimum Gasteiger partial charge on any atom is -0.444 e. The molecule has 1 atom stereocenters. The van der Waals surface area contributed by atoms with Gasteiger partial charge in [-0.15, -0.1) is 0 Å². The summed E-state index contributed by atoms with van der Waals surface area (Å²) in [5.41, 5.74) is 2.40. The van der Waals surface area contributed by atoms with Gasteiger partial charge < -0.3 is 29.7 Å². The Morgan fingerprint density at radius 2 is 1.75 bits per heavy atom. The Morgan fingerprint density at radius 3 is 2.52 bits per heavy atom.